The molecular weight excluding hydrogens is 210 g/mol. The molecule has 1 atom stereocenters. The van der Waals surface area contributed by atoms with Crippen molar-refractivity contribution in [3.63, 3.8) is 0 Å². The predicted octanol–water partition coefficient (Wildman–Crippen LogP) is 3.67. The van der Waals surface area contributed by atoms with Crippen molar-refractivity contribution in [2.75, 3.05) is 7.11 Å². The van der Waals surface area contributed by atoms with Gasteiger partial charge in [-0.2, -0.15) is 0 Å². The first-order valence-corrected chi connectivity index (χ1v) is 6.69. The quantitative estimate of drug-likeness (QED) is 0.842. The van der Waals surface area contributed by atoms with E-state index in [4.69, 9.17) is 10.5 Å². The number of ether oxygens (including phenoxy) is 1. The Balaban J connectivity index is 1.91. The van der Waals surface area contributed by atoms with Gasteiger partial charge in [-0.05, 0) is 24.8 Å². The summed E-state index contributed by atoms with van der Waals surface area (Å²) in [5.74, 6) is 1.84. The summed E-state index contributed by atoms with van der Waals surface area (Å²) < 4.78 is 5.36. The standard InChI is InChI=1S/C15H23NO/c1-17-15-9-5-4-8-13(15)14(16)11-10-12-6-2-3-7-12/h4-5,8-9,12,14H,2-3,6-7,10-11,16H2,1H3. The molecule has 1 unspecified atom stereocenters. The third-order valence-electron chi connectivity index (χ3n) is 3.90. The Kier molecular flexibility index (Phi) is 4.43. The first-order valence-electron chi connectivity index (χ1n) is 6.69. The van der Waals surface area contributed by atoms with Crippen LogP contribution in [0, 0.1) is 5.92 Å². The van der Waals surface area contributed by atoms with E-state index in [1.807, 2.05) is 18.2 Å². The van der Waals surface area contributed by atoms with Crippen LogP contribution in [-0.2, 0) is 0 Å². The Morgan fingerprint density at radius 2 is 2.00 bits per heavy atom. The van der Waals surface area contributed by atoms with Crippen molar-refractivity contribution in [2.45, 2.75) is 44.6 Å². The van der Waals surface area contributed by atoms with Crippen LogP contribution in [-0.4, -0.2) is 7.11 Å². The molecule has 0 radical (unpaired) electrons. The molecule has 0 aliphatic heterocycles. The van der Waals surface area contributed by atoms with E-state index in [1.165, 1.54) is 32.1 Å². The predicted molar refractivity (Wildman–Crippen MR) is 71.1 cm³/mol. The van der Waals surface area contributed by atoms with Crippen LogP contribution in [0.25, 0.3) is 0 Å². The summed E-state index contributed by atoms with van der Waals surface area (Å²) in [5, 5.41) is 0. The van der Waals surface area contributed by atoms with E-state index >= 15 is 0 Å². The van der Waals surface area contributed by atoms with Gasteiger partial charge in [-0.1, -0.05) is 43.9 Å². The maximum Gasteiger partial charge on any atom is 0.123 e. The smallest absolute Gasteiger partial charge is 0.123 e. The zero-order valence-electron chi connectivity index (χ0n) is 10.7. The molecule has 2 N–H and O–H groups in total. The van der Waals surface area contributed by atoms with Crippen LogP contribution >= 0.6 is 0 Å². The van der Waals surface area contributed by atoms with Crippen LogP contribution in [0.4, 0.5) is 0 Å². The SMILES string of the molecule is COc1ccccc1C(N)CCC1CCCC1. The van der Waals surface area contributed by atoms with Crippen molar-refractivity contribution in [3.05, 3.63) is 29.8 Å². The van der Waals surface area contributed by atoms with Gasteiger partial charge in [0.2, 0.25) is 0 Å². The van der Waals surface area contributed by atoms with E-state index in [9.17, 15) is 0 Å². The fraction of sp³-hybridized carbons (Fsp3) is 0.600. The number of para-hydroxylation sites is 1. The summed E-state index contributed by atoms with van der Waals surface area (Å²) in [4.78, 5) is 0. The highest BCUT2D eigenvalue weighted by atomic mass is 16.5. The summed E-state index contributed by atoms with van der Waals surface area (Å²) in [6.07, 6.45) is 7.96. The van der Waals surface area contributed by atoms with Gasteiger partial charge < -0.3 is 10.5 Å². The van der Waals surface area contributed by atoms with E-state index in [0.29, 0.717) is 0 Å². The summed E-state index contributed by atoms with van der Waals surface area (Å²) in [7, 11) is 1.71. The molecule has 0 aromatic heterocycles. The lowest BCUT2D eigenvalue weighted by atomic mass is 9.95. The highest BCUT2D eigenvalue weighted by Crippen LogP contribution is 2.32. The molecule has 1 aliphatic carbocycles. The van der Waals surface area contributed by atoms with Gasteiger partial charge in [0.05, 0.1) is 7.11 Å². The average Bonchev–Trinajstić information content (AvgIpc) is 2.89. The minimum Gasteiger partial charge on any atom is -0.496 e. The molecule has 1 aromatic carbocycles. The summed E-state index contributed by atoms with van der Waals surface area (Å²) in [6, 6.07) is 8.22. The Hall–Kier alpha value is -1.02. The molecule has 2 heteroatoms. The third-order valence-corrected chi connectivity index (χ3v) is 3.90. The van der Waals surface area contributed by atoms with Crippen molar-refractivity contribution in [3.8, 4) is 5.75 Å². The van der Waals surface area contributed by atoms with E-state index in [0.717, 1.165) is 23.7 Å². The second-order valence-electron chi connectivity index (χ2n) is 5.08. The molecule has 17 heavy (non-hydrogen) atoms. The van der Waals surface area contributed by atoms with E-state index in [2.05, 4.69) is 6.07 Å². The topological polar surface area (TPSA) is 35.2 Å². The summed E-state index contributed by atoms with van der Waals surface area (Å²) >= 11 is 0. The molecule has 94 valence electrons. The van der Waals surface area contributed by atoms with Crippen LogP contribution in [0.1, 0.15) is 50.1 Å². The molecule has 1 aliphatic rings. The number of hydrogen-bond donors (Lipinski definition) is 1. The molecule has 1 saturated carbocycles. The monoisotopic (exact) mass is 233 g/mol. The highest BCUT2D eigenvalue weighted by Gasteiger charge is 2.17. The fourth-order valence-electron chi connectivity index (χ4n) is 2.84. The van der Waals surface area contributed by atoms with Gasteiger partial charge in [0.1, 0.15) is 5.75 Å². The number of methoxy groups -OCH3 is 1. The van der Waals surface area contributed by atoms with Crippen LogP contribution in [0.15, 0.2) is 24.3 Å². The van der Waals surface area contributed by atoms with Crippen molar-refractivity contribution >= 4 is 0 Å². The number of benzene rings is 1. The van der Waals surface area contributed by atoms with Crippen LogP contribution in [0.2, 0.25) is 0 Å². The maximum atomic E-state index is 6.27. The fourth-order valence-corrected chi connectivity index (χ4v) is 2.84. The average molecular weight is 233 g/mol. The van der Waals surface area contributed by atoms with Crippen LogP contribution in [0.3, 0.4) is 0 Å². The van der Waals surface area contributed by atoms with Gasteiger partial charge in [-0.3, -0.25) is 0 Å². The molecule has 0 bridgehead atoms. The number of nitrogens with two attached hydrogens (primary N) is 1. The zero-order chi connectivity index (χ0) is 12.1. The van der Waals surface area contributed by atoms with Crippen molar-refractivity contribution in [1.82, 2.24) is 0 Å². The van der Waals surface area contributed by atoms with Gasteiger partial charge in [0, 0.05) is 11.6 Å². The first-order chi connectivity index (χ1) is 8.31. The highest BCUT2D eigenvalue weighted by molar-refractivity contribution is 5.35. The Bertz CT molecular complexity index is 345. The lowest BCUT2D eigenvalue weighted by molar-refractivity contribution is 0.397. The van der Waals surface area contributed by atoms with Gasteiger partial charge >= 0.3 is 0 Å². The lowest BCUT2D eigenvalue weighted by Crippen LogP contribution is -2.12. The molecule has 2 rings (SSSR count). The third kappa shape index (κ3) is 3.22. The normalized spacial score (nSPS) is 18.2. The molecule has 0 heterocycles. The molecule has 0 spiro atoms. The molecule has 1 aromatic rings. The number of rotatable bonds is 5. The molecular formula is C15H23NO. The van der Waals surface area contributed by atoms with Gasteiger partial charge in [0.15, 0.2) is 0 Å². The second-order valence-corrected chi connectivity index (χ2v) is 5.08. The van der Waals surface area contributed by atoms with Crippen molar-refractivity contribution in [2.24, 2.45) is 11.7 Å². The Morgan fingerprint density at radius 3 is 2.71 bits per heavy atom. The zero-order valence-corrected chi connectivity index (χ0v) is 10.7. The Morgan fingerprint density at radius 1 is 1.29 bits per heavy atom. The van der Waals surface area contributed by atoms with Crippen LogP contribution < -0.4 is 10.5 Å². The maximum absolute atomic E-state index is 6.27. The lowest BCUT2D eigenvalue weighted by Gasteiger charge is -2.17. The van der Waals surface area contributed by atoms with E-state index in [-0.39, 0.29) is 6.04 Å². The minimum atomic E-state index is 0.117. The summed E-state index contributed by atoms with van der Waals surface area (Å²) in [6.45, 7) is 0. The molecule has 2 nitrogen and oxygen atoms in total. The van der Waals surface area contributed by atoms with E-state index < -0.39 is 0 Å². The molecule has 1 fully saturated rings. The second kappa shape index (κ2) is 6.06. The Labute approximate surface area is 104 Å². The molecule has 0 amide bonds. The van der Waals surface area contributed by atoms with Crippen LogP contribution in [0.5, 0.6) is 5.75 Å². The number of hydrogen-bond acceptors (Lipinski definition) is 2. The van der Waals surface area contributed by atoms with Crippen molar-refractivity contribution < 1.29 is 4.74 Å². The van der Waals surface area contributed by atoms with Gasteiger partial charge in [-0.25, -0.2) is 0 Å². The largest absolute Gasteiger partial charge is 0.496 e. The van der Waals surface area contributed by atoms with Crippen molar-refractivity contribution in [1.29, 1.82) is 0 Å². The first kappa shape index (κ1) is 12.4. The van der Waals surface area contributed by atoms with Gasteiger partial charge in [-0.15, -0.1) is 0 Å². The summed E-state index contributed by atoms with van der Waals surface area (Å²) in [5.41, 5.74) is 7.42. The minimum absolute atomic E-state index is 0.117. The van der Waals surface area contributed by atoms with E-state index in [1.54, 1.807) is 7.11 Å². The molecule has 0 saturated heterocycles. The van der Waals surface area contributed by atoms with Gasteiger partial charge in [0.25, 0.3) is 0 Å².